The molecule has 7 aromatic carbocycles. The van der Waals surface area contributed by atoms with E-state index in [-0.39, 0.29) is 39.2 Å². The van der Waals surface area contributed by atoms with Gasteiger partial charge in [0.1, 0.15) is 11.6 Å². The molecule has 0 atom stereocenters. The first kappa shape index (κ1) is 34.1. The molecule has 62 heavy (non-hydrogen) atoms. The molecule has 0 aliphatic heterocycles. The van der Waals surface area contributed by atoms with Gasteiger partial charge in [-0.25, -0.2) is 4.98 Å². The number of pyridine rings is 1. The zero-order valence-electron chi connectivity index (χ0n) is 43.1. The standard InChI is InChI=1S/C58H57N3O/c1-35-28-47-44(25-24-38-20-15-16-21-45(38)47)36(2)53(35)61-51-23-17-22-46(52(51)60-55(61)48-33-43(57(6,7)8)34-49(54(48)62)58(9,10)11)40-29-41(31-42(30-40)56(3,4)5)50-32-39(26-27-59-50)37-18-13-12-14-19-37/h12-34,62H,1-11H3/i1D3,2D3. The van der Waals surface area contributed by atoms with Crippen LogP contribution in [0.1, 0.15) is 98.4 Å². The second-order valence-electron chi connectivity index (χ2n) is 19.7. The Hall–Kier alpha value is -6.52. The van der Waals surface area contributed by atoms with Crippen LogP contribution in [0.2, 0.25) is 0 Å². The molecule has 4 heteroatoms. The minimum atomic E-state index is -2.80. The van der Waals surface area contributed by atoms with Crippen LogP contribution in [0, 0.1) is 13.7 Å². The number of hydrogen-bond acceptors (Lipinski definition) is 3. The first-order valence-corrected chi connectivity index (χ1v) is 21.4. The molecule has 0 aliphatic carbocycles. The molecule has 1 N–H and O–H groups in total. The average Bonchev–Trinajstić information content (AvgIpc) is 3.66. The van der Waals surface area contributed by atoms with Gasteiger partial charge in [-0.3, -0.25) is 9.55 Å². The minimum absolute atomic E-state index is 0.00800. The molecule has 0 unspecified atom stereocenters. The highest BCUT2D eigenvalue weighted by Gasteiger charge is 2.30. The van der Waals surface area contributed by atoms with Crippen LogP contribution in [0.5, 0.6) is 5.75 Å². The maximum absolute atomic E-state index is 12.6. The zero-order valence-corrected chi connectivity index (χ0v) is 37.1. The van der Waals surface area contributed by atoms with Crippen LogP contribution in [-0.4, -0.2) is 19.6 Å². The van der Waals surface area contributed by atoms with Crippen LogP contribution in [-0.2, 0) is 16.2 Å². The summed E-state index contributed by atoms with van der Waals surface area (Å²) in [5.41, 5.74) is 8.02. The first-order valence-electron chi connectivity index (χ1n) is 24.4. The van der Waals surface area contributed by atoms with E-state index in [1.807, 2.05) is 112 Å². The molecule has 0 bridgehead atoms. The second kappa shape index (κ2) is 14.8. The second-order valence-corrected chi connectivity index (χ2v) is 19.7. The summed E-state index contributed by atoms with van der Waals surface area (Å²) in [6, 6.07) is 43.4. The summed E-state index contributed by atoms with van der Waals surface area (Å²) in [6.07, 6.45) is 1.83. The van der Waals surface area contributed by atoms with E-state index in [0.717, 1.165) is 55.4 Å². The van der Waals surface area contributed by atoms with Crippen molar-refractivity contribution in [2.75, 3.05) is 0 Å². The number of rotatable bonds is 5. The maximum Gasteiger partial charge on any atom is 0.149 e. The van der Waals surface area contributed by atoms with E-state index in [9.17, 15) is 9.22 Å². The predicted molar refractivity (Wildman–Crippen MR) is 263 cm³/mol. The normalized spacial score (nSPS) is 14.3. The Kier molecular flexibility index (Phi) is 8.16. The monoisotopic (exact) mass is 817 g/mol. The lowest BCUT2D eigenvalue weighted by molar-refractivity contribution is 0.446. The number of phenols is 1. The summed E-state index contributed by atoms with van der Waals surface area (Å²) in [5, 5.41) is 15.1. The highest BCUT2D eigenvalue weighted by Crippen LogP contribution is 2.46. The fourth-order valence-corrected chi connectivity index (χ4v) is 8.69. The topological polar surface area (TPSA) is 50.9 Å². The highest BCUT2D eigenvalue weighted by atomic mass is 16.3. The van der Waals surface area contributed by atoms with Crippen LogP contribution in [0.15, 0.2) is 140 Å². The zero-order chi connectivity index (χ0) is 48.9. The molecule has 0 saturated heterocycles. The lowest BCUT2D eigenvalue weighted by atomic mass is 9.79. The summed E-state index contributed by atoms with van der Waals surface area (Å²) in [5.74, 6) is 0.213. The maximum atomic E-state index is 12.6. The molecule has 0 fully saturated rings. The lowest BCUT2D eigenvalue weighted by Crippen LogP contribution is -2.17. The lowest BCUT2D eigenvalue weighted by Gasteiger charge is -2.28. The van der Waals surface area contributed by atoms with E-state index in [2.05, 4.69) is 77.9 Å². The fourth-order valence-electron chi connectivity index (χ4n) is 8.69. The Morgan fingerprint density at radius 2 is 1.27 bits per heavy atom. The van der Waals surface area contributed by atoms with Crippen LogP contribution < -0.4 is 0 Å². The molecule has 2 aromatic heterocycles. The SMILES string of the molecule is [2H]C([2H])([2H])c1cc2c(ccc3ccccc32)c(C([2H])([2H])[2H])c1-n1c(-c2cc(C(C)(C)C)cc(C(C)(C)C)c2O)nc2c(-c3cc(-c4cc(-c5ccccc5)ccn4)cc(C(C)(C)C)c3)cccc21. The predicted octanol–water partition coefficient (Wildman–Crippen LogP) is 15.6. The van der Waals surface area contributed by atoms with E-state index < -0.39 is 19.1 Å². The van der Waals surface area contributed by atoms with Crippen molar-refractivity contribution >= 4 is 32.6 Å². The molecule has 0 amide bonds. The molecule has 9 aromatic rings. The summed E-state index contributed by atoms with van der Waals surface area (Å²) in [4.78, 5) is 10.4. The van der Waals surface area contributed by atoms with Crippen molar-refractivity contribution in [1.82, 2.24) is 14.5 Å². The molecule has 2 heterocycles. The Balaban J connectivity index is 1.45. The van der Waals surface area contributed by atoms with Gasteiger partial charge in [-0.2, -0.15) is 0 Å². The minimum Gasteiger partial charge on any atom is -0.507 e. The fraction of sp³-hybridized carbons (Fsp3) is 0.241. The van der Waals surface area contributed by atoms with E-state index in [0.29, 0.717) is 32.9 Å². The van der Waals surface area contributed by atoms with Gasteiger partial charge >= 0.3 is 0 Å². The van der Waals surface area contributed by atoms with Gasteiger partial charge in [-0.1, -0.05) is 153 Å². The third-order valence-corrected chi connectivity index (χ3v) is 12.2. The van der Waals surface area contributed by atoms with Crippen molar-refractivity contribution in [3.63, 3.8) is 0 Å². The quantitative estimate of drug-likeness (QED) is 0.176. The van der Waals surface area contributed by atoms with Gasteiger partial charge < -0.3 is 5.11 Å². The number of imidazole rings is 1. The van der Waals surface area contributed by atoms with Gasteiger partial charge in [-0.05, 0) is 133 Å². The van der Waals surface area contributed by atoms with Crippen molar-refractivity contribution in [1.29, 1.82) is 0 Å². The molecule has 0 aliphatic rings. The van der Waals surface area contributed by atoms with Crippen molar-refractivity contribution < 1.29 is 13.3 Å². The van der Waals surface area contributed by atoms with Crippen molar-refractivity contribution in [3.8, 4) is 56.3 Å². The van der Waals surface area contributed by atoms with E-state index in [1.54, 1.807) is 16.7 Å². The van der Waals surface area contributed by atoms with Gasteiger partial charge in [0.25, 0.3) is 0 Å². The van der Waals surface area contributed by atoms with Gasteiger partial charge in [0.2, 0.25) is 0 Å². The summed E-state index contributed by atoms with van der Waals surface area (Å²) in [6.45, 7) is 13.4. The Morgan fingerprint density at radius 3 is 2.00 bits per heavy atom. The van der Waals surface area contributed by atoms with Gasteiger partial charge in [0, 0.05) is 31.1 Å². The van der Waals surface area contributed by atoms with Crippen molar-refractivity contribution in [2.24, 2.45) is 0 Å². The third kappa shape index (κ3) is 7.15. The highest BCUT2D eigenvalue weighted by molar-refractivity contribution is 6.10. The third-order valence-electron chi connectivity index (χ3n) is 12.2. The molecule has 0 spiro atoms. The van der Waals surface area contributed by atoms with Crippen LogP contribution >= 0.6 is 0 Å². The van der Waals surface area contributed by atoms with E-state index >= 15 is 0 Å². The van der Waals surface area contributed by atoms with E-state index in [1.165, 1.54) is 0 Å². The smallest absolute Gasteiger partial charge is 0.149 e. The molecule has 4 nitrogen and oxygen atoms in total. The summed E-state index contributed by atoms with van der Waals surface area (Å²) >= 11 is 0. The van der Waals surface area contributed by atoms with Crippen LogP contribution in [0.25, 0.3) is 83.2 Å². The number of benzene rings is 7. The van der Waals surface area contributed by atoms with Gasteiger partial charge in [-0.15, -0.1) is 0 Å². The molecule has 310 valence electrons. The summed E-state index contributed by atoms with van der Waals surface area (Å²) < 4.78 is 56.9. The van der Waals surface area contributed by atoms with Crippen molar-refractivity contribution in [2.45, 2.75) is 92.3 Å². The van der Waals surface area contributed by atoms with Gasteiger partial charge in [0.05, 0.1) is 28.0 Å². The summed E-state index contributed by atoms with van der Waals surface area (Å²) in [7, 11) is 0. The number of nitrogens with zero attached hydrogens (tertiary/aromatic N) is 3. The number of phenolic OH excluding ortho intramolecular Hbond substituents is 1. The molecule has 9 rings (SSSR count). The number of para-hydroxylation sites is 1. The largest absolute Gasteiger partial charge is 0.507 e. The molecular weight excluding hydrogens is 755 g/mol. The van der Waals surface area contributed by atoms with Crippen LogP contribution in [0.3, 0.4) is 0 Å². The average molecular weight is 818 g/mol. The first-order chi connectivity index (χ1) is 31.8. The van der Waals surface area contributed by atoms with E-state index in [4.69, 9.17) is 14.1 Å². The van der Waals surface area contributed by atoms with Crippen molar-refractivity contribution in [3.05, 3.63) is 167 Å². The number of aryl methyl sites for hydroxylation is 2. The number of aromatic hydroxyl groups is 1. The Morgan fingerprint density at radius 1 is 0.548 bits per heavy atom. The molecule has 0 saturated carbocycles. The number of aromatic nitrogens is 3. The Labute approximate surface area is 375 Å². The van der Waals surface area contributed by atoms with Crippen LogP contribution in [0.4, 0.5) is 0 Å². The Bertz CT molecular complexity index is 3430. The molecular formula is C58H57N3O. The number of hydrogen-bond donors (Lipinski definition) is 1. The number of fused-ring (bicyclic) bond motifs is 4. The van der Waals surface area contributed by atoms with Gasteiger partial charge in [0.15, 0.2) is 0 Å². The molecule has 0 radical (unpaired) electrons.